The van der Waals surface area contributed by atoms with Gasteiger partial charge in [0.1, 0.15) is 0 Å². The van der Waals surface area contributed by atoms with Crippen molar-refractivity contribution in [2.24, 2.45) is 0 Å². The number of nitrogens with zero attached hydrogens (tertiary/aromatic N) is 2. The van der Waals surface area contributed by atoms with Crippen molar-refractivity contribution >= 4 is 33.0 Å². The minimum absolute atomic E-state index is 0.0152. The first-order valence-corrected chi connectivity index (χ1v) is 9.59. The monoisotopic (exact) mass is 355 g/mol. The summed E-state index contributed by atoms with van der Waals surface area (Å²) in [5.74, 6) is 0.0152. The third kappa shape index (κ3) is 4.04. The summed E-state index contributed by atoms with van der Waals surface area (Å²) in [4.78, 5) is 15.5. The molecule has 0 aliphatic rings. The van der Waals surface area contributed by atoms with Gasteiger partial charge in [0.25, 0.3) is 5.91 Å². The summed E-state index contributed by atoms with van der Waals surface area (Å²) in [6.07, 6.45) is 4.23. The molecule has 0 aliphatic heterocycles. The van der Waals surface area contributed by atoms with E-state index in [1.54, 1.807) is 11.3 Å². The number of anilines is 1. The Morgan fingerprint density at radius 3 is 2.64 bits per heavy atom. The average molecular weight is 356 g/mol. The number of carbonyl (C=O) groups is 1. The molecule has 132 valence electrons. The van der Waals surface area contributed by atoms with Crippen LogP contribution in [0.2, 0.25) is 0 Å². The molecule has 0 unspecified atom stereocenters. The molecule has 0 bridgehead atoms. The first kappa shape index (κ1) is 17.5. The van der Waals surface area contributed by atoms with Crippen LogP contribution in [0.15, 0.2) is 48.8 Å². The topological polar surface area (TPSA) is 37.3 Å². The summed E-state index contributed by atoms with van der Waals surface area (Å²) in [7, 11) is 0. The van der Waals surface area contributed by atoms with Gasteiger partial charge in [-0.15, -0.1) is 11.3 Å². The fraction of sp³-hybridized carbons (Fsp3) is 0.350. The van der Waals surface area contributed by atoms with E-state index in [0.717, 1.165) is 23.4 Å². The van der Waals surface area contributed by atoms with Crippen molar-refractivity contribution in [3.05, 3.63) is 53.7 Å². The zero-order chi connectivity index (χ0) is 17.8. The molecule has 1 aromatic carbocycles. The smallest absolute Gasteiger partial charge is 0.261 e. The van der Waals surface area contributed by atoms with E-state index in [1.165, 1.54) is 10.4 Å². The zero-order valence-corrected chi connectivity index (χ0v) is 15.8. The van der Waals surface area contributed by atoms with Crippen molar-refractivity contribution in [2.45, 2.75) is 26.8 Å². The number of rotatable bonds is 7. The van der Waals surface area contributed by atoms with E-state index in [9.17, 15) is 4.79 Å². The van der Waals surface area contributed by atoms with E-state index >= 15 is 0 Å². The van der Waals surface area contributed by atoms with Crippen LogP contribution < -0.4 is 10.2 Å². The Labute approximate surface area is 153 Å². The number of nitrogens with one attached hydrogen (secondary N) is 1. The quantitative estimate of drug-likeness (QED) is 0.675. The number of hydrogen-bond donors (Lipinski definition) is 1. The van der Waals surface area contributed by atoms with Gasteiger partial charge in [-0.3, -0.25) is 4.79 Å². The number of fused-ring (bicyclic) bond motifs is 1. The van der Waals surface area contributed by atoms with Gasteiger partial charge in [-0.25, -0.2) is 0 Å². The van der Waals surface area contributed by atoms with E-state index in [2.05, 4.69) is 60.1 Å². The zero-order valence-electron chi connectivity index (χ0n) is 15.0. The van der Waals surface area contributed by atoms with Crippen molar-refractivity contribution in [2.75, 3.05) is 24.5 Å². The maximum atomic E-state index is 12.4. The summed E-state index contributed by atoms with van der Waals surface area (Å²) in [6, 6.07) is 12.7. The molecule has 0 spiro atoms. The lowest BCUT2D eigenvalue weighted by atomic mass is 10.3. The second kappa shape index (κ2) is 7.74. The number of aromatic nitrogens is 1. The SMILES string of the molecule is CCN(CCNC(=O)c1cc2cn(C(C)C)cc2s1)c1ccccc1. The van der Waals surface area contributed by atoms with Gasteiger partial charge >= 0.3 is 0 Å². The van der Waals surface area contributed by atoms with Crippen LogP contribution in [-0.2, 0) is 0 Å². The Hall–Kier alpha value is -2.27. The fourth-order valence-electron chi connectivity index (χ4n) is 2.86. The molecule has 5 heteroatoms. The summed E-state index contributed by atoms with van der Waals surface area (Å²) in [6.45, 7) is 8.80. The third-order valence-electron chi connectivity index (χ3n) is 4.34. The summed E-state index contributed by atoms with van der Waals surface area (Å²) in [5, 5.41) is 4.19. The summed E-state index contributed by atoms with van der Waals surface area (Å²) >= 11 is 1.56. The van der Waals surface area contributed by atoms with E-state index in [4.69, 9.17) is 0 Å². The number of carbonyl (C=O) groups excluding carboxylic acids is 1. The lowest BCUT2D eigenvalue weighted by Gasteiger charge is -2.23. The van der Waals surface area contributed by atoms with Gasteiger partial charge in [0.2, 0.25) is 0 Å². The lowest BCUT2D eigenvalue weighted by Crippen LogP contribution is -2.34. The van der Waals surface area contributed by atoms with Crippen LogP contribution in [0.25, 0.3) is 10.1 Å². The molecule has 1 amide bonds. The van der Waals surface area contributed by atoms with Gasteiger partial charge < -0.3 is 14.8 Å². The molecule has 0 saturated carbocycles. The van der Waals surface area contributed by atoms with Crippen molar-refractivity contribution in [3.63, 3.8) is 0 Å². The van der Waals surface area contributed by atoms with Crippen LogP contribution in [0, 0.1) is 0 Å². The lowest BCUT2D eigenvalue weighted by molar-refractivity contribution is 0.0958. The van der Waals surface area contributed by atoms with Gasteiger partial charge in [0, 0.05) is 49.1 Å². The molecule has 3 rings (SSSR count). The largest absolute Gasteiger partial charge is 0.370 e. The minimum Gasteiger partial charge on any atom is -0.370 e. The molecule has 1 N–H and O–H groups in total. The van der Waals surface area contributed by atoms with Gasteiger partial charge in [0.15, 0.2) is 0 Å². The van der Waals surface area contributed by atoms with Crippen LogP contribution in [0.4, 0.5) is 5.69 Å². The molecule has 0 fully saturated rings. The maximum absolute atomic E-state index is 12.4. The number of hydrogen-bond acceptors (Lipinski definition) is 3. The predicted octanol–water partition coefficient (Wildman–Crippen LogP) is 4.54. The highest BCUT2D eigenvalue weighted by molar-refractivity contribution is 7.20. The van der Waals surface area contributed by atoms with Crippen LogP contribution >= 0.6 is 11.3 Å². The number of benzene rings is 1. The maximum Gasteiger partial charge on any atom is 0.261 e. The minimum atomic E-state index is 0.0152. The van der Waals surface area contributed by atoms with Crippen molar-refractivity contribution in [1.82, 2.24) is 9.88 Å². The van der Waals surface area contributed by atoms with Crippen molar-refractivity contribution < 1.29 is 4.79 Å². The van der Waals surface area contributed by atoms with Gasteiger partial charge in [-0.2, -0.15) is 0 Å². The van der Waals surface area contributed by atoms with Gasteiger partial charge in [-0.05, 0) is 39.0 Å². The Balaban J connectivity index is 1.58. The Morgan fingerprint density at radius 1 is 1.24 bits per heavy atom. The molecule has 25 heavy (non-hydrogen) atoms. The second-order valence-electron chi connectivity index (χ2n) is 6.40. The van der Waals surface area contributed by atoms with Gasteiger partial charge in [-0.1, -0.05) is 18.2 Å². The van der Waals surface area contributed by atoms with E-state index in [1.807, 2.05) is 24.3 Å². The van der Waals surface area contributed by atoms with E-state index in [-0.39, 0.29) is 5.91 Å². The number of para-hydroxylation sites is 1. The van der Waals surface area contributed by atoms with Crippen molar-refractivity contribution in [3.8, 4) is 0 Å². The highest BCUT2D eigenvalue weighted by atomic mass is 32.1. The van der Waals surface area contributed by atoms with Crippen LogP contribution in [-0.4, -0.2) is 30.1 Å². The molecule has 0 aliphatic carbocycles. The number of likely N-dealkylation sites (N-methyl/N-ethyl adjacent to an activating group) is 1. The molecule has 0 radical (unpaired) electrons. The summed E-state index contributed by atoms with van der Waals surface area (Å²) in [5.41, 5.74) is 1.19. The fourth-order valence-corrected chi connectivity index (χ4v) is 3.86. The first-order chi connectivity index (χ1) is 12.1. The normalized spacial score (nSPS) is 11.2. The van der Waals surface area contributed by atoms with Crippen molar-refractivity contribution in [1.29, 1.82) is 0 Å². The molecule has 0 saturated heterocycles. The molecule has 0 atom stereocenters. The summed E-state index contributed by atoms with van der Waals surface area (Å²) < 4.78 is 3.35. The van der Waals surface area contributed by atoms with Crippen LogP contribution in [0.5, 0.6) is 0 Å². The standard InChI is InChI=1S/C20H25N3OS/c1-4-22(17-8-6-5-7-9-17)11-10-21-20(24)18-12-16-13-23(15(2)3)14-19(16)25-18/h5-9,12-15H,4,10-11H2,1-3H3,(H,21,24). The first-order valence-electron chi connectivity index (χ1n) is 8.77. The molecule has 3 aromatic rings. The van der Waals surface area contributed by atoms with Crippen LogP contribution in [0.3, 0.4) is 0 Å². The predicted molar refractivity (Wildman–Crippen MR) is 107 cm³/mol. The molecule has 2 aromatic heterocycles. The highest BCUT2D eigenvalue weighted by Crippen LogP contribution is 2.28. The Morgan fingerprint density at radius 2 is 2.00 bits per heavy atom. The van der Waals surface area contributed by atoms with E-state index < -0.39 is 0 Å². The Bertz CT molecular complexity index is 804. The number of amides is 1. The second-order valence-corrected chi connectivity index (χ2v) is 7.48. The molecular weight excluding hydrogens is 330 g/mol. The third-order valence-corrected chi connectivity index (χ3v) is 5.42. The molecule has 2 heterocycles. The van der Waals surface area contributed by atoms with Crippen LogP contribution in [0.1, 0.15) is 36.5 Å². The van der Waals surface area contributed by atoms with E-state index in [0.29, 0.717) is 12.6 Å². The molecule has 4 nitrogen and oxygen atoms in total. The number of thiophene rings is 1. The Kier molecular flexibility index (Phi) is 5.43. The highest BCUT2D eigenvalue weighted by Gasteiger charge is 2.12. The molecular formula is C20H25N3OS. The van der Waals surface area contributed by atoms with Gasteiger partial charge in [0.05, 0.1) is 9.58 Å². The average Bonchev–Trinajstić information content (AvgIpc) is 3.18.